The van der Waals surface area contributed by atoms with Crippen molar-refractivity contribution < 1.29 is 0 Å². The molecule has 1 nitrogen and oxygen atoms in total. The normalized spacial score (nSPS) is 10.6. The Labute approximate surface area is 118 Å². The van der Waals surface area contributed by atoms with Crippen molar-refractivity contribution in [2.75, 3.05) is 11.1 Å². The molecule has 1 N–H and O–H groups in total. The molecule has 0 atom stereocenters. The van der Waals surface area contributed by atoms with E-state index in [9.17, 15) is 0 Å². The number of benzene rings is 1. The summed E-state index contributed by atoms with van der Waals surface area (Å²) in [5.41, 5.74) is 1.25. The van der Waals surface area contributed by atoms with Crippen LogP contribution in [0.5, 0.6) is 0 Å². The molecule has 1 aromatic carbocycles. The van der Waals surface area contributed by atoms with E-state index in [0.29, 0.717) is 0 Å². The van der Waals surface area contributed by atoms with Gasteiger partial charge < -0.3 is 5.32 Å². The topological polar surface area (TPSA) is 12.0 Å². The minimum atomic E-state index is 0.923. The first kappa shape index (κ1) is 13.5. The second-order valence-electron chi connectivity index (χ2n) is 4.00. The van der Waals surface area contributed by atoms with E-state index in [1.807, 2.05) is 23.1 Å². The number of para-hydroxylation sites is 1. The molecule has 3 heteroatoms. The number of thiophene rings is 1. The summed E-state index contributed by atoms with van der Waals surface area (Å²) in [4.78, 5) is 4.21. The zero-order valence-electron chi connectivity index (χ0n) is 10.9. The Balaban J connectivity index is 2.01. The quantitative estimate of drug-likeness (QED) is 0.743. The van der Waals surface area contributed by atoms with E-state index in [1.165, 1.54) is 20.3 Å². The fraction of sp³-hybridized carbons (Fsp3) is 0.333. The van der Waals surface area contributed by atoms with Crippen molar-refractivity contribution in [1.29, 1.82) is 0 Å². The predicted octanol–water partition coefficient (Wildman–Crippen LogP) is 5.03. The van der Waals surface area contributed by atoms with Crippen molar-refractivity contribution in [3.8, 4) is 0 Å². The van der Waals surface area contributed by atoms with E-state index in [2.05, 4.69) is 55.6 Å². The maximum Gasteiger partial charge on any atom is 0.0494 e. The maximum absolute atomic E-state index is 3.54. The van der Waals surface area contributed by atoms with Gasteiger partial charge in [0.05, 0.1) is 0 Å². The van der Waals surface area contributed by atoms with Crippen molar-refractivity contribution in [2.45, 2.75) is 31.7 Å². The molecule has 0 aliphatic heterocycles. The molecule has 0 saturated heterocycles. The summed E-state index contributed by atoms with van der Waals surface area (Å²) < 4.78 is 0. The van der Waals surface area contributed by atoms with Gasteiger partial charge in [-0.25, -0.2) is 0 Å². The molecule has 0 fully saturated rings. The highest BCUT2D eigenvalue weighted by Gasteiger charge is 2.02. The predicted molar refractivity (Wildman–Crippen MR) is 83.9 cm³/mol. The summed E-state index contributed by atoms with van der Waals surface area (Å²) >= 11 is 3.79. The van der Waals surface area contributed by atoms with E-state index in [-0.39, 0.29) is 0 Å². The standard InChI is InChI=1S/C15H19NS2/c1-3-12-9-10-13(18-12)11-16-14-7-5-6-8-15(14)17-4-2/h5-10,16H,3-4,11H2,1-2H3. The van der Waals surface area contributed by atoms with Crippen molar-refractivity contribution in [3.63, 3.8) is 0 Å². The lowest BCUT2D eigenvalue weighted by Gasteiger charge is -2.10. The third-order valence-corrected chi connectivity index (χ3v) is 4.89. The first-order chi connectivity index (χ1) is 8.83. The Morgan fingerprint density at radius 3 is 2.56 bits per heavy atom. The van der Waals surface area contributed by atoms with Gasteiger partial charge in [-0.2, -0.15) is 0 Å². The largest absolute Gasteiger partial charge is 0.379 e. The SMILES string of the molecule is CCSc1ccccc1NCc1ccc(CC)s1. The zero-order valence-corrected chi connectivity index (χ0v) is 12.5. The van der Waals surface area contributed by atoms with Gasteiger partial charge in [0.2, 0.25) is 0 Å². The average molecular weight is 277 g/mol. The number of anilines is 1. The van der Waals surface area contributed by atoms with Crippen LogP contribution in [0.4, 0.5) is 5.69 Å². The minimum absolute atomic E-state index is 0.923. The monoisotopic (exact) mass is 277 g/mol. The maximum atomic E-state index is 3.54. The van der Waals surface area contributed by atoms with Crippen LogP contribution in [0.15, 0.2) is 41.3 Å². The van der Waals surface area contributed by atoms with Crippen molar-refractivity contribution in [2.24, 2.45) is 0 Å². The van der Waals surface area contributed by atoms with E-state index < -0.39 is 0 Å². The van der Waals surface area contributed by atoms with Crippen LogP contribution in [0.2, 0.25) is 0 Å². The first-order valence-electron chi connectivity index (χ1n) is 6.36. The van der Waals surface area contributed by atoms with Gasteiger partial charge in [0.15, 0.2) is 0 Å². The van der Waals surface area contributed by atoms with Gasteiger partial charge in [0, 0.05) is 26.9 Å². The lowest BCUT2D eigenvalue weighted by atomic mass is 10.3. The molecule has 1 aromatic heterocycles. The highest BCUT2D eigenvalue weighted by molar-refractivity contribution is 7.99. The molecule has 18 heavy (non-hydrogen) atoms. The van der Waals surface area contributed by atoms with Crippen LogP contribution in [0.25, 0.3) is 0 Å². The molecule has 2 aromatic rings. The van der Waals surface area contributed by atoms with Crippen molar-refractivity contribution >= 4 is 28.8 Å². The van der Waals surface area contributed by atoms with Crippen LogP contribution in [-0.2, 0) is 13.0 Å². The van der Waals surface area contributed by atoms with Gasteiger partial charge in [0.1, 0.15) is 0 Å². The van der Waals surface area contributed by atoms with Crippen LogP contribution < -0.4 is 5.32 Å². The molecule has 0 aliphatic rings. The van der Waals surface area contributed by atoms with Gasteiger partial charge >= 0.3 is 0 Å². The van der Waals surface area contributed by atoms with Crippen LogP contribution in [-0.4, -0.2) is 5.75 Å². The summed E-state index contributed by atoms with van der Waals surface area (Å²) in [5, 5.41) is 3.54. The number of aryl methyl sites for hydroxylation is 1. The summed E-state index contributed by atoms with van der Waals surface area (Å²) in [6.07, 6.45) is 1.13. The molecule has 1 heterocycles. The van der Waals surface area contributed by atoms with E-state index in [1.54, 1.807) is 0 Å². The summed E-state index contributed by atoms with van der Waals surface area (Å²) in [5.74, 6) is 1.11. The van der Waals surface area contributed by atoms with Crippen molar-refractivity contribution in [3.05, 3.63) is 46.2 Å². The Morgan fingerprint density at radius 2 is 1.83 bits per heavy atom. The number of hydrogen-bond acceptors (Lipinski definition) is 3. The smallest absolute Gasteiger partial charge is 0.0494 e. The highest BCUT2D eigenvalue weighted by Crippen LogP contribution is 2.27. The number of rotatable bonds is 6. The third kappa shape index (κ3) is 3.53. The molecule has 2 rings (SSSR count). The molecule has 0 radical (unpaired) electrons. The Hall–Kier alpha value is -0.930. The van der Waals surface area contributed by atoms with E-state index in [0.717, 1.165) is 18.7 Å². The van der Waals surface area contributed by atoms with Gasteiger partial charge in [0.25, 0.3) is 0 Å². The summed E-state index contributed by atoms with van der Waals surface area (Å²) in [7, 11) is 0. The molecule has 0 unspecified atom stereocenters. The first-order valence-corrected chi connectivity index (χ1v) is 8.17. The lowest BCUT2D eigenvalue weighted by molar-refractivity contribution is 1.17. The van der Waals surface area contributed by atoms with Gasteiger partial charge in [-0.1, -0.05) is 26.0 Å². The molecule has 0 bridgehead atoms. The number of thioether (sulfide) groups is 1. The molecule has 96 valence electrons. The highest BCUT2D eigenvalue weighted by atomic mass is 32.2. The van der Waals surface area contributed by atoms with E-state index in [4.69, 9.17) is 0 Å². The summed E-state index contributed by atoms with van der Waals surface area (Å²) in [6, 6.07) is 13.0. The average Bonchev–Trinajstić information content (AvgIpc) is 2.86. The third-order valence-electron chi connectivity index (χ3n) is 2.71. The molecular weight excluding hydrogens is 258 g/mol. The fourth-order valence-corrected chi connectivity index (χ4v) is 3.46. The molecule has 0 saturated carbocycles. The zero-order chi connectivity index (χ0) is 12.8. The van der Waals surface area contributed by atoms with E-state index >= 15 is 0 Å². The summed E-state index contributed by atoms with van der Waals surface area (Å²) in [6.45, 7) is 5.32. The Kier molecular flexibility index (Phi) is 5.14. The second-order valence-corrected chi connectivity index (χ2v) is 6.56. The van der Waals surface area contributed by atoms with Crippen LogP contribution in [0, 0.1) is 0 Å². The second kappa shape index (κ2) is 6.86. The fourth-order valence-electron chi connectivity index (χ4n) is 1.78. The van der Waals surface area contributed by atoms with Crippen LogP contribution >= 0.6 is 23.1 Å². The van der Waals surface area contributed by atoms with Gasteiger partial charge in [-0.3, -0.25) is 0 Å². The molecule has 0 amide bonds. The lowest BCUT2D eigenvalue weighted by Crippen LogP contribution is -1.98. The molecule has 0 spiro atoms. The Morgan fingerprint density at radius 1 is 1.06 bits per heavy atom. The molecular formula is C15H19NS2. The van der Waals surface area contributed by atoms with Crippen molar-refractivity contribution in [1.82, 2.24) is 0 Å². The molecule has 0 aliphatic carbocycles. The van der Waals surface area contributed by atoms with Gasteiger partial charge in [-0.05, 0) is 36.4 Å². The van der Waals surface area contributed by atoms with Crippen LogP contribution in [0.3, 0.4) is 0 Å². The Bertz CT molecular complexity index is 491. The number of hydrogen-bond donors (Lipinski definition) is 1. The minimum Gasteiger partial charge on any atom is -0.379 e. The number of nitrogens with one attached hydrogen (secondary N) is 1. The van der Waals surface area contributed by atoms with Crippen LogP contribution in [0.1, 0.15) is 23.6 Å². The van der Waals surface area contributed by atoms with Gasteiger partial charge in [-0.15, -0.1) is 23.1 Å².